The third kappa shape index (κ3) is 6.53. The molecule has 1 aromatic rings. The van der Waals surface area contributed by atoms with Crippen molar-refractivity contribution in [2.75, 3.05) is 0 Å². The molecule has 1 heterocycles. The highest BCUT2D eigenvalue weighted by atomic mass is 32.2. The Labute approximate surface area is 83.2 Å². The van der Waals surface area contributed by atoms with Crippen LogP contribution in [0.4, 0.5) is 0 Å². The van der Waals surface area contributed by atoms with E-state index in [-0.39, 0.29) is 6.42 Å². The largest absolute Gasteiger partial charge is 0.746 e. The van der Waals surface area contributed by atoms with E-state index < -0.39 is 15.6 Å². The summed E-state index contributed by atoms with van der Waals surface area (Å²) in [7, 11) is -4.45. The van der Waals surface area contributed by atoms with Crippen LogP contribution < -0.4 is 4.98 Å². The fourth-order valence-corrected chi connectivity index (χ4v) is 0.954. The molecule has 0 saturated carbocycles. The normalized spacial score (nSPS) is 12.5. The molecule has 0 aliphatic carbocycles. The van der Waals surface area contributed by atoms with Gasteiger partial charge in [0.25, 0.3) is 0 Å². The molecular formula is C8H13NO4S. The molecule has 0 aromatic carbocycles. The molecule has 0 aliphatic heterocycles. The molecular weight excluding hydrogens is 206 g/mol. The summed E-state index contributed by atoms with van der Waals surface area (Å²) in [6, 6.07) is 5.86. The lowest BCUT2D eigenvalue weighted by atomic mass is 10.5. The summed E-state index contributed by atoms with van der Waals surface area (Å²) in [6.07, 6.45) is 3.70. The van der Waals surface area contributed by atoms with Crippen LogP contribution >= 0.6 is 0 Å². The number of hydrogen-bond acceptors (Lipinski definition) is 4. The zero-order valence-electron chi connectivity index (χ0n) is 7.75. The Hall–Kier alpha value is -0.980. The summed E-state index contributed by atoms with van der Waals surface area (Å²) in [4.78, 5) is 2.89. The molecule has 14 heavy (non-hydrogen) atoms. The molecule has 0 amide bonds. The molecule has 0 spiro atoms. The van der Waals surface area contributed by atoms with Crippen molar-refractivity contribution in [2.45, 2.75) is 18.8 Å². The number of rotatable bonds is 2. The number of hydrogen-bond donors (Lipinski definition) is 1. The molecule has 1 atom stereocenters. The monoisotopic (exact) mass is 219 g/mol. The van der Waals surface area contributed by atoms with Crippen LogP contribution in [0.3, 0.4) is 0 Å². The number of aromatic amines is 1. The van der Waals surface area contributed by atoms with E-state index in [9.17, 15) is 13.0 Å². The van der Waals surface area contributed by atoms with Crippen LogP contribution in [0.25, 0.3) is 0 Å². The van der Waals surface area contributed by atoms with Gasteiger partial charge in [-0.2, -0.15) is 0 Å². The minimum absolute atomic E-state index is 0.0498. The molecule has 6 heteroatoms. The van der Waals surface area contributed by atoms with E-state index >= 15 is 0 Å². The summed E-state index contributed by atoms with van der Waals surface area (Å²) in [5.74, 6) is 0. The molecule has 0 radical (unpaired) electrons. The Bertz CT molecular complexity index is 298. The molecule has 2 N–H and O–H groups in total. The molecule has 1 rings (SSSR count). The Kier molecular flexibility index (Phi) is 6.02. The van der Waals surface area contributed by atoms with Crippen molar-refractivity contribution in [3.63, 3.8) is 0 Å². The molecule has 0 saturated heterocycles. The maximum Gasteiger partial charge on any atom is 0.166 e. The van der Waals surface area contributed by atoms with Crippen molar-refractivity contribution >= 4 is 10.1 Å². The van der Waals surface area contributed by atoms with E-state index in [0.717, 1.165) is 0 Å². The van der Waals surface area contributed by atoms with Crippen LogP contribution in [0.2, 0.25) is 0 Å². The molecule has 5 nitrogen and oxygen atoms in total. The first kappa shape index (κ1) is 13.0. The van der Waals surface area contributed by atoms with Crippen LogP contribution in [0.5, 0.6) is 0 Å². The van der Waals surface area contributed by atoms with E-state index in [1.165, 1.54) is 6.92 Å². The minimum Gasteiger partial charge on any atom is -0.746 e. The second-order valence-corrected chi connectivity index (χ2v) is 3.96. The standard InChI is InChI=1S/C5H5N.C3H8O4S/c1-2-4-6-5-3-1;1-2-3(4)8(5,6)7/h1-5H;3-4H,2H2,1H3,(H,5,6,7). The predicted molar refractivity (Wildman–Crippen MR) is 49.0 cm³/mol. The van der Waals surface area contributed by atoms with Crippen molar-refractivity contribution in [2.24, 2.45) is 0 Å². The van der Waals surface area contributed by atoms with Gasteiger partial charge in [0, 0.05) is 12.1 Å². The number of H-pyrrole nitrogens is 1. The van der Waals surface area contributed by atoms with Gasteiger partial charge in [-0.25, -0.2) is 13.4 Å². The molecule has 80 valence electrons. The molecule has 0 bridgehead atoms. The fraction of sp³-hybridized carbons (Fsp3) is 0.375. The van der Waals surface area contributed by atoms with Gasteiger partial charge in [0.2, 0.25) is 0 Å². The van der Waals surface area contributed by atoms with Gasteiger partial charge in [-0.3, -0.25) is 0 Å². The van der Waals surface area contributed by atoms with Gasteiger partial charge in [-0.1, -0.05) is 13.0 Å². The summed E-state index contributed by atoms with van der Waals surface area (Å²) in [5.41, 5.74) is -1.73. The van der Waals surface area contributed by atoms with Gasteiger partial charge in [-0.15, -0.1) is 0 Å². The summed E-state index contributed by atoms with van der Waals surface area (Å²) >= 11 is 0. The zero-order valence-corrected chi connectivity index (χ0v) is 8.57. The van der Waals surface area contributed by atoms with Crippen LogP contribution in [-0.4, -0.2) is 23.5 Å². The number of pyridine rings is 1. The van der Waals surface area contributed by atoms with Crippen LogP contribution in [0.15, 0.2) is 30.6 Å². The highest BCUT2D eigenvalue weighted by molar-refractivity contribution is 7.86. The molecule has 0 aliphatic rings. The smallest absolute Gasteiger partial charge is 0.166 e. The van der Waals surface area contributed by atoms with Gasteiger partial charge in [0.1, 0.15) is 15.6 Å². The maximum atomic E-state index is 9.76. The van der Waals surface area contributed by atoms with Crippen LogP contribution in [0.1, 0.15) is 13.3 Å². The number of nitrogens with one attached hydrogen (secondary N) is 1. The Morgan fingerprint density at radius 2 is 1.86 bits per heavy atom. The maximum absolute atomic E-state index is 9.76. The van der Waals surface area contributed by atoms with Crippen molar-refractivity contribution in [3.05, 3.63) is 30.6 Å². The lowest BCUT2D eigenvalue weighted by molar-refractivity contribution is -0.377. The number of aliphatic hydroxyl groups excluding tert-OH is 1. The van der Waals surface area contributed by atoms with E-state index in [1.54, 1.807) is 0 Å². The number of aliphatic hydroxyl groups is 1. The first-order valence-corrected chi connectivity index (χ1v) is 5.49. The van der Waals surface area contributed by atoms with Crippen LogP contribution in [0, 0.1) is 0 Å². The van der Waals surface area contributed by atoms with Crippen molar-refractivity contribution < 1.29 is 23.1 Å². The topological polar surface area (TPSA) is 91.6 Å². The Morgan fingerprint density at radius 1 is 1.36 bits per heavy atom. The SMILES string of the molecule is CCC(O)S(=O)(=O)[O-].c1cc[nH+]cc1. The van der Waals surface area contributed by atoms with Crippen molar-refractivity contribution in [1.82, 2.24) is 0 Å². The zero-order chi connectivity index (χ0) is 11.0. The van der Waals surface area contributed by atoms with Gasteiger partial charge < -0.3 is 9.66 Å². The van der Waals surface area contributed by atoms with E-state index in [0.29, 0.717) is 0 Å². The van der Waals surface area contributed by atoms with Gasteiger partial charge in [0.05, 0.1) is 0 Å². The summed E-state index contributed by atoms with van der Waals surface area (Å²) in [5, 5.41) is 8.29. The third-order valence-electron chi connectivity index (χ3n) is 1.29. The summed E-state index contributed by atoms with van der Waals surface area (Å²) < 4.78 is 29.3. The lowest BCUT2D eigenvalue weighted by Gasteiger charge is -2.10. The second-order valence-electron chi connectivity index (χ2n) is 2.43. The fourth-order valence-electron chi connectivity index (χ4n) is 0.546. The van der Waals surface area contributed by atoms with E-state index in [1.807, 2.05) is 30.6 Å². The van der Waals surface area contributed by atoms with Crippen molar-refractivity contribution in [1.29, 1.82) is 0 Å². The summed E-state index contributed by atoms with van der Waals surface area (Å²) in [6.45, 7) is 1.42. The minimum atomic E-state index is -4.45. The first-order valence-electron chi connectivity index (χ1n) is 4.02. The van der Waals surface area contributed by atoms with Crippen LogP contribution in [-0.2, 0) is 10.1 Å². The average molecular weight is 219 g/mol. The van der Waals surface area contributed by atoms with Gasteiger partial charge >= 0.3 is 0 Å². The quantitative estimate of drug-likeness (QED) is 0.695. The first-order chi connectivity index (χ1) is 6.48. The van der Waals surface area contributed by atoms with Gasteiger partial charge in [0.15, 0.2) is 12.4 Å². The molecule has 1 unspecified atom stereocenters. The van der Waals surface area contributed by atoms with E-state index in [2.05, 4.69) is 4.98 Å². The Balaban J connectivity index is 0.000000249. The Morgan fingerprint density at radius 3 is 1.93 bits per heavy atom. The second kappa shape index (κ2) is 6.47. The van der Waals surface area contributed by atoms with Crippen molar-refractivity contribution in [3.8, 4) is 0 Å². The van der Waals surface area contributed by atoms with Gasteiger partial charge in [-0.05, 0) is 6.42 Å². The van der Waals surface area contributed by atoms with E-state index in [4.69, 9.17) is 5.11 Å². The lowest BCUT2D eigenvalue weighted by Crippen LogP contribution is -2.18. The molecule has 0 fully saturated rings. The highest BCUT2D eigenvalue weighted by Crippen LogP contribution is 1.96. The predicted octanol–water partition coefficient (Wildman–Crippen LogP) is -0.239. The third-order valence-corrected chi connectivity index (χ3v) is 2.29. The average Bonchev–Trinajstić information content (AvgIpc) is 2.19. The number of aromatic nitrogens is 1. The molecule has 1 aromatic heterocycles. The highest BCUT2D eigenvalue weighted by Gasteiger charge is 2.06.